The molecule has 3 N–H and O–H groups in total. The van der Waals surface area contributed by atoms with Gasteiger partial charge in [-0.25, -0.2) is 28.7 Å². The lowest BCUT2D eigenvalue weighted by atomic mass is 9.94. The zero-order valence-corrected chi connectivity index (χ0v) is 15.7. The number of nitrogens with one attached hydrogen (secondary N) is 1. The summed E-state index contributed by atoms with van der Waals surface area (Å²) in [5.41, 5.74) is 8.57. The Morgan fingerprint density at radius 2 is 1.79 bits per heavy atom. The van der Waals surface area contributed by atoms with Gasteiger partial charge in [-0.1, -0.05) is 11.6 Å². The lowest BCUT2D eigenvalue weighted by Crippen LogP contribution is -2.37. The average molecular weight is 414 g/mol. The summed E-state index contributed by atoms with van der Waals surface area (Å²) >= 11 is 6.01. The highest BCUT2D eigenvalue weighted by Gasteiger charge is 2.34. The quantitative estimate of drug-likeness (QED) is 0.522. The number of benzene rings is 1. The molecule has 4 aromatic rings. The highest BCUT2D eigenvalue weighted by atomic mass is 35.5. The first-order valence-electron chi connectivity index (χ1n) is 8.83. The van der Waals surface area contributed by atoms with E-state index in [0.717, 1.165) is 23.7 Å². The van der Waals surface area contributed by atoms with E-state index in [2.05, 4.69) is 24.9 Å². The monoisotopic (exact) mass is 413 g/mol. The first-order chi connectivity index (χ1) is 14.0. The minimum Gasteiger partial charge on any atom is -0.368 e. The second kappa shape index (κ2) is 6.63. The molecule has 29 heavy (non-hydrogen) atoms. The van der Waals surface area contributed by atoms with Crippen molar-refractivity contribution >= 4 is 34.4 Å². The summed E-state index contributed by atoms with van der Waals surface area (Å²) in [6, 6.07) is 2.83. The molecule has 3 aromatic heterocycles. The maximum Gasteiger partial charge on any atom is 0.226 e. The van der Waals surface area contributed by atoms with Crippen LogP contribution in [0, 0.1) is 11.6 Å². The molecule has 0 fully saturated rings. The standard InChI is InChI=1S/C19H14ClF2N7/c20-12-1-2-13-14(15(12)22)11-3-4-29(19-26-7-10(21)8-27-19)17(16(11)28-13)9-5-24-18(23)25-6-9/h1-2,5-8,17,28H,3-4H2,(H2,23,24,25). The number of anilines is 2. The molecule has 1 aromatic carbocycles. The molecule has 0 radical (unpaired) electrons. The number of fused-ring (bicyclic) bond motifs is 3. The number of hydrogen-bond donors (Lipinski definition) is 2. The van der Waals surface area contributed by atoms with E-state index in [0.29, 0.717) is 35.4 Å². The molecule has 5 rings (SSSR count). The van der Waals surface area contributed by atoms with Crippen molar-refractivity contribution in [1.82, 2.24) is 24.9 Å². The minimum atomic E-state index is -0.527. The summed E-state index contributed by atoms with van der Waals surface area (Å²) < 4.78 is 28.1. The van der Waals surface area contributed by atoms with Crippen LogP contribution in [0.4, 0.5) is 20.7 Å². The SMILES string of the molecule is Nc1ncc(C2c3[nH]c4ccc(Cl)c(F)c4c3CCN2c2ncc(F)cn2)cn1. The first kappa shape index (κ1) is 17.7. The van der Waals surface area contributed by atoms with Crippen LogP contribution in [0.2, 0.25) is 5.02 Å². The summed E-state index contributed by atoms with van der Waals surface area (Å²) in [7, 11) is 0. The molecule has 0 spiro atoms. The van der Waals surface area contributed by atoms with Crippen LogP contribution in [0.15, 0.2) is 36.9 Å². The number of nitrogen functional groups attached to an aromatic ring is 1. The Morgan fingerprint density at radius 1 is 1.07 bits per heavy atom. The molecular weight excluding hydrogens is 400 g/mol. The minimum absolute atomic E-state index is 0.0657. The van der Waals surface area contributed by atoms with E-state index in [1.54, 1.807) is 18.5 Å². The summed E-state index contributed by atoms with van der Waals surface area (Å²) in [6.07, 6.45) is 5.96. The van der Waals surface area contributed by atoms with Crippen molar-refractivity contribution in [1.29, 1.82) is 0 Å². The van der Waals surface area contributed by atoms with Crippen molar-refractivity contribution in [3.63, 3.8) is 0 Å². The Balaban J connectivity index is 1.73. The van der Waals surface area contributed by atoms with E-state index < -0.39 is 17.7 Å². The van der Waals surface area contributed by atoms with Crippen LogP contribution in [-0.2, 0) is 6.42 Å². The van der Waals surface area contributed by atoms with Crippen LogP contribution in [0.3, 0.4) is 0 Å². The molecule has 0 saturated carbocycles. The van der Waals surface area contributed by atoms with Crippen molar-refractivity contribution in [3.05, 3.63) is 70.4 Å². The maximum absolute atomic E-state index is 14.8. The number of H-pyrrole nitrogens is 1. The number of aromatic amines is 1. The molecule has 146 valence electrons. The van der Waals surface area contributed by atoms with Gasteiger partial charge in [0.15, 0.2) is 11.6 Å². The molecule has 0 amide bonds. The summed E-state index contributed by atoms with van der Waals surface area (Å²) in [4.78, 5) is 21.6. The zero-order valence-electron chi connectivity index (χ0n) is 14.9. The van der Waals surface area contributed by atoms with Gasteiger partial charge in [0.05, 0.1) is 17.4 Å². The third-order valence-electron chi connectivity index (χ3n) is 5.05. The van der Waals surface area contributed by atoms with Gasteiger partial charge in [0.25, 0.3) is 0 Å². The van der Waals surface area contributed by atoms with Crippen LogP contribution < -0.4 is 10.6 Å². The summed E-state index contributed by atoms with van der Waals surface area (Å²) in [6.45, 7) is 0.479. The van der Waals surface area contributed by atoms with Crippen molar-refractivity contribution in [2.24, 2.45) is 0 Å². The number of halogens is 3. The highest BCUT2D eigenvalue weighted by Crippen LogP contribution is 2.41. The number of hydrogen-bond acceptors (Lipinski definition) is 6. The summed E-state index contributed by atoms with van der Waals surface area (Å²) in [5.74, 6) is -0.499. The lowest BCUT2D eigenvalue weighted by molar-refractivity contribution is 0.594. The number of rotatable bonds is 2. The lowest BCUT2D eigenvalue weighted by Gasteiger charge is -2.35. The van der Waals surface area contributed by atoms with Crippen molar-refractivity contribution in [2.45, 2.75) is 12.5 Å². The van der Waals surface area contributed by atoms with Crippen molar-refractivity contribution in [2.75, 3.05) is 17.2 Å². The van der Waals surface area contributed by atoms with Gasteiger partial charge >= 0.3 is 0 Å². The molecule has 0 saturated heterocycles. The van der Waals surface area contributed by atoms with Gasteiger partial charge in [0.2, 0.25) is 11.9 Å². The molecule has 4 heterocycles. The molecule has 1 atom stereocenters. The summed E-state index contributed by atoms with van der Waals surface area (Å²) in [5, 5.41) is 0.532. The fraction of sp³-hybridized carbons (Fsp3) is 0.158. The highest BCUT2D eigenvalue weighted by molar-refractivity contribution is 6.31. The third kappa shape index (κ3) is 2.85. The molecule has 7 nitrogen and oxygen atoms in total. The third-order valence-corrected chi connectivity index (χ3v) is 5.34. The van der Waals surface area contributed by atoms with E-state index in [9.17, 15) is 8.78 Å². The van der Waals surface area contributed by atoms with Gasteiger partial charge in [-0.3, -0.25) is 0 Å². The smallest absolute Gasteiger partial charge is 0.226 e. The normalized spacial score (nSPS) is 16.2. The molecular formula is C19H14ClF2N7. The largest absolute Gasteiger partial charge is 0.368 e. The maximum atomic E-state index is 14.8. The molecule has 10 heteroatoms. The number of nitrogens with two attached hydrogens (primary N) is 1. The van der Waals surface area contributed by atoms with Crippen molar-refractivity contribution in [3.8, 4) is 0 Å². The van der Waals surface area contributed by atoms with E-state index in [-0.39, 0.29) is 11.0 Å². The Bertz CT molecular complexity index is 1210. The van der Waals surface area contributed by atoms with Gasteiger partial charge in [0.1, 0.15) is 6.04 Å². The van der Waals surface area contributed by atoms with Crippen LogP contribution in [0.5, 0.6) is 0 Å². The predicted molar refractivity (Wildman–Crippen MR) is 105 cm³/mol. The fourth-order valence-electron chi connectivity index (χ4n) is 3.82. The zero-order chi connectivity index (χ0) is 20.1. The van der Waals surface area contributed by atoms with E-state index >= 15 is 0 Å². The second-order valence-electron chi connectivity index (χ2n) is 6.72. The van der Waals surface area contributed by atoms with Gasteiger partial charge in [-0.2, -0.15) is 0 Å². The Hall–Kier alpha value is -3.33. The average Bonchev–Trinajstić information content (AvgIpc) is 3.11. The Morgan fingerprint density at radius 3 is 2.52 bits per heavy atom. The van der Waals surface area contributed by atoms with Gasteiger partial charge < -0.3 is 15.6 Å². The Labute approximate surface area is 168 Å². The first-order valence-corrected chi connectivity index (χ1v) is 9.21. The predicted octanol–water partition coefficient (Wildman–Crippen LogP) is 3.41. The van der Waals surface area contributed by atoms with Crippen LogP contribution >= 0.6 is 11.6 Å². The molecule has 1 aliphatic heterocycles. The van der Waals surface area contributed by atoms with Crippen LogP contribution in [0.1, 0.15) is 22.9 Å². The topological polar surface area (TPSA) is 96.6 Å². The fourth-order valence-corrected chi connectivity index (χ4v) is 3.98. The molecule has 1 aliphatic rings. The molecule has 0 aliphatic carbocycles. The van der Waals surface area contributed by atoms with Gasteiger partial charge in [0, 0.05) is 41.1 Å². The van der Waals surface area contributed by atoms with Crippen molar-refractivity contribution < 1.29 is 8.78 Å². The van der Waals surface area contributed by atoms with Gasteiger partial charge in [-0.15, -0.1) is 0 Å². The van der Waals surface area contributed by atoms with E-state index in [1.807, 2.05) is 4.90 Å². The molecule has 0 bridgehead atoms. The molecule has 1 unspecified atom stereocenters. The number of aromatic nitrogens is 5. The van der Waals surface area contributed by atoms with Crippen LogP contribution in [0.25, 0.3) is 10.9 Å². The van der Waals surface area contributed by atoms with Crippen LogP contribution in [-0.4, -0.2) is 31.5 Å². The number of nitrogens with zero attached hydrogens (tertiary/aromatic N) is 5. The Kier molecular flexibility index (Phi) is 4.06. The van der Waals surface area contributed by atoms with E-state index in [4.69, 9.17) is 17.3 Å². The van der Waals surface area contributed by atoms with Gasteiger partial charge in [-0.05, 0) is 24.1 Å². The van der Waals surface area contributed by atoms with E-state index in [1.165, 1.54) is 6.07 Å². The second-order valence-corrected chi connectivity index (χ2v) is 7.13.